The minimum Gasteiger partial charge on any atom is -0.480 e. The summed E-state index contributed by atoms with van der Waals surface area (Å²) in [6.45, 7) is 2.56. The van der Waals surface area contributed by atoms with E-state index >= 15 is 0 Å². The van der Waals surface area contributed by atoms with Crippen LogP contribution in [-0.2, 0) is 9.59 Å². The summed E-state index contributed by atoms with van der Waals surface area (Å²) in [6.07, 6.45) is 5.02. The number of aliphatic carboxylic acids is 1. The van der Waals surface area contributed by atoms with Crippen LogP contribution in [0.3, 0.4) is 0 Å². The quantitative estimate of drug-likeness (QED) is 0.783. The van der Waals surface area contributed by atoms with Crippen molar-refractivity contribution < 1.29 is 14.7 Å². The van der Waals surface area contributed by atoms with E-state index in [2.05, 4.69) is 5.32 Å². The topological polar surface area (TPSA) is 69.6 Å². The van der Waals surface area contributed by atoms with E-state index in [-0.39, 0.29) is 5.91 Å². The summed E-state index contributed by atoms with van der Waals surface area (Å²) in [5.41, 5.74) is 0. The molecule has 5 heteroatoms. The van der Waals surface area contributed by atoms with Gasteiger partial charge in [0.1, 0.15) is 6.04 Å². The highest BCUT2D eigenvalue weighted by Crippen LogP contribution is 2.22. The second-order valence-corrected chi connectivity index (χ2v) is 5.33. The molecule has 2 aliphatic rings. The number of likely N-dealkylation sites (tertiary alicyclic amines) is 1. The molecule has 0 spiro atoms. The first-order chi connectivity index (χ1) is 8.68. The van der Waals surface area contributed by atoms with Crippen molar-refractivity contribution in [3.05, 3.63) is 0 Å². The number of hydrogen-bond donors (Lipinski definition) is 2. The molecule has 1 amide bonds. The van der Waals surface area contributed by atoms with Gasteiger partial charge in [-0.2, -0.15) is 0 Å². The molecule has 2 heterocycles. The lowest BCUT2D eigenvalue weighted by atomic mass is 9.93. The Labute approximate surface area is 108 Å². The Balaban J connectivity index is 1.91. The lowest BCUT2D eigenvalue weighted by Crippen LogP contribution is -2.48. The van der Waals surface area contributed by atoms with E-state index < -0.39 is 12.0 Å². The summed E-state index contributed by atoms with van der Waals surface area (Å²) >= 11 is 0. The number of nitrogens with zero attached hydrogens (tertiary/aromatic N) is 1. The Morgan fingerprint density at radius 3 is 2.56 bits per heavy atom. The number of hydrogen-bond acceptors (Lipinski definition) is 3. The van der Waals surface area contributed by atoms with Crippen LogP contribution in [0.15, 0.2) is 0 Å². The van der Waals surface area contributed by atoms with Gasteiger partial charge in [-0.05, 0) is 51.1 Å². The van der Waals surface area contributed by atoms with Crippen LogP contribution >= 0.6 is 0 Å². The molecule has 102 valence electrons. The van der Waals surface area contributed by atoms with Gasteiger partial charge in [-0.25, -0.2) is 4.79 Å². The highest BCUT2D eigenvalue weighted by Gasteiger charge is 2.32. The Morgan fingerprint density at radius 2 is 1.89 bits per heavy atom. The summed E-state index contributed by atoms with van der Waals surface area (Å²) in [4.78, 5) is 25.0. The fourth-order valence-electron chi connectivity index (χ4n) is 2.94. The first-order valence-corrected chi connectivity index (χ1v) is 6.91. The first kappa shape index (κ1) is 13.3. The number of carbonyl (C=O) groups excluding carboxylic acids is 1. The van der Waals surface area contributed by atoms with Gasteiger partial charge in [0.25, 0.3) is 0 Å². The predicted octanol–water partition coefficient (Wildman–Crippen LogP) is 0.842. The number of nitrogens with one attached hydrogen (secondary N) is 1. The third-order valence-corrected chi connectivity index (χ3v) is 4.03. The average Bonchev–Trinajstić information content (AvgIpc) is 2.40. The van der Waals surface area contributed by atoms with Crippen molar-refractivity contribution in [2.45, 2.75) is 44.6 Å². The molecule has 1 atom stereocenters. The lowest BCUT2D eigenvalue weighted by Gasteiger charge is -2.34. The Morgan fingerprint density at radius 1 is 1.17 bits per heavy atom. The zero-order valence-electron chi connectivity index (χ0n) is 10.7. The Bertz CT molecular complexity index is 313. The molecule has 0 aliphatic carbocycles. The van der Waals surface area contributed by atoms with Gasteiger partial charge in [-0.1, -0.05) is 0 Å². The third-order valence-electron chi connectivity index (χ3n) is 4.03. The van der Waals surface area contributed by atoms with Gasteiger partial charge in [0, 0.05) is 13.0 Å². The number of piperidine rings is 2. The predicted molar refractivity (Wildman–Crippen MR) is 67.2 cm³/mol. The van der Waals surface area contributed by atoms with E-state index in [1.807, 2.05) is 0 Å². The largest absolute Gasteiger partial charge is 0.480 e. The second-order valence-electron chi connectivity index (χ2n) is 5.33. The number of carboxylic acid groups (broad SMARTS) is 1. The highest BCUT2D eigenvalue weighted by atomic mass is 16.4. The number of rotatable bonds is 3. The summed E-state index contributed by atoms with van der Waals surface area (Å²) in [5, 5.41) is 12.4. The first-order valence-electron chi connectivity index (χ1n) is 6.91. The standard InChI is InChI=1S/C13H22N2O3/c16-12(9-10-4-6-14-7-5-10)15-8-2-1-3-11(15)13(17)18/h10-11,14H,1-9H2,(H,17,18)/t11-/m0/s1. The zero-order valence-corrected chi connectivity index (χ0v) is 10.7. The van der Waals surface area contributed by atoms with Crippen LogP contribution in [0, 0.1) is 5.92 Å². The van der Waals surface area contributed by atoms with Crippen LogP contribution < -0.4 is 5.32 Å². The normalized spacial score (nSPS) is 26.0. The molecule has 2 N–H and O–H groups in total. The van der Waals surface area contributed by atoms with E-state index in [1.54, 1.807) is 4.90 Å². The van der Waals surface area contributed by atoms with Gasteiger partial charge in [0.15, 0.2) is 0 Å². The molecule has 2 aliphatic heterocycles. The van der Waals surface area contributed by atoms with E-state index in [0.29, 0.717) is 25.3 Å². The van der Waals surface area contributed by atoms with Gasteiger partial charge in [-0.15, -0.1) is 0 Å². The Hall–Kier alpha value is -1.10. The van der Waals surface area contributed by atoms with E-state index in [1.165, 1.54) is 0 Å². The lowest BCUT2D eigenvalue weighted by molar-refractivity contribution is -0.152. The molecule has 2 saturated heterocycles. The van der Waals surface area contributed by atoms with Crippen LogP contribution in [0.1, 0.15) is 38.5 Å². The molecule has 0 aromatic carbocycles. The van der Waals surface area contributed by atoms with Crippen molar-refractivity contribution in [2.24, 2.45) is 5.92 Å². The molecule has 0 saturated carbocycles. The molecule has 2 rings (SSSR count). The van der Waals surface area contributed by atoms with Crippen molar-refractivity contribution in [2.75, 3.05) is 19.6 Å². The van der Waals surface area contributed by atoms with Crippen molar-refractivity contribution >= 4 is 11.9 Å². The van der Waals surface area contributed by atoms with Crippen molar-refractivity contribution in [1.82, 2.24) is 10.2 Å². The molecule has 0 aromatic heterocycles. The highest BCUT2D eigenvalue weighted by molar-refractivity contribution is 5.84. The summed E-state index contributed by atoms with van der Waals surface area (Å²) in [5.74, 6) is -0.391. The van der Waals surface area contributed by atoms with E-state index in [0.717, 1.165) is 38.8 Å². The molecule has 18 heavy (non-hydrogen) atoms. The maximum absolute atomic E-state index is 12.2. The van der Waals surface area contributed by atoms with Gasteiger partial charge < -0.3 is 15.3 Å². The van der Waals surface area contributed by atoms with Crippen molar-refractivity contribution in [1.29, 1.82) is 0 Å². The molecule has 0 unspecified atom stereocenters. The molecular formula is C13H22N2O3. The van der Waals surface area contributed by atoms with Gasteiger partial charge >= 0.3 is 5.97 Å². The maximum Gasteiger partial charge on any atom is 0.326 e. The smallest absolute Gasteiger partial charge is 0.326 e. The van der Waals surface area contributed by atoms with Crippen molar-refractivity contribution in [3.63, 3.8) is 0 Å². The number of carbonyl (C=O) groups is 2. The SMILES string of the molecule is O=C(O)[C@@H]1CCCCN1C(=O)CC1CCNCC1. The van der Waals surface area contributed by atoms with Gasteiger partial charge in [0.2, 0.25) is 5.91 Å². The third kappa shape index (κ3) is 3.22. The molecule has 0 bridgehead atoms. The number of carboxylic acids is 1. The summed E-state index contributed by atoms with van der Waals surface area (Å²) in [6, 6.07) is -0.590. The fraction of sp³-hybridized carbons (Fsp3) is 0.846. The van der Waals surface area contributed by atoms with Crippen molar-refractivity contribution in [3.8, 4) is 0 Å². The molecular weight excluding hydrogens is 232 g/mol. The zero-order chi connectivity index (χ0) is 13.0. The molecule has 2 fully saturated rings. The minimum absolute atomic E-state index is 0.0361. The Kier molecular flexibility index (Phi) is 4.58. The second kappa shape index (κ2) is 6.18. The molecule has 0 aromatic rings. The summed E-state index contributed by atoms with van der Waals surface area (Å²) < 4.78 is 0. The van der Waals surface area contributed by atoms with E-state index in [4.69, 9.17) is 5.11 Å². The summed E-state index contributed by atoms with van der Waals surface area (Å²) in [7, 11) is 0. The molecule has 0 radical (unpaired) electrons. The van der Waals surface area contributed by atoms with Gasteiger partial charge in [-0.3, -0.25) is 4.79 Å². The fourth-order valence-corrected chi connectivity index (χ4v) is 2.94. The van der Waals surface area contributed by atoms with E-state index in [9.17, 15) is 9.59 Å². The molecule has 5 nitrogen and oxygen atoms in total. The van der Waals surface area contributed by atoms with Crippen LogP contribution in [0.2, 0.25) is 0 Å². The minimum atomic E-state index is -0.853. The van der Waals surface area contributed by atoms with Crippen LogP contribution in [0.4, 0.5) is 0 Å². The van der Waals surface area contributed by atoms with Gasteiger partial charge in [0.05, 0.1) is 0 Å². The van der Waals surface area contributed by atoms with Crippen LogP contribution in [0.5, 0.6) is 0 Å². The maximum atomic E-state index is 12.2. The monoisotopic (exact) mass is 254 g/mol. The van der Waals surface area contributed by atoms with Crippen LogP contribution in [0.25, 0.3) is 0 Å². The average molecular weight is 254 g/mol. The van der Waals surface area contributed by atoms with Crippen LogP contribution in [-0.4, -0.2) is 47.6 Å². The number of amides is 1.